The first-order valence-corrected chi connectivity index (χ1v) is 15.6. The lowest BCUT2D eigenvalue weighted by molar-refractivity contribution is 0.00838. The highest BCUT2D eigenvalue weighted by Gasteiger charge is 2.35. The van der Waals surface area contributed by atoms with Crippen molar-refractivity contribution in [2.45, 2.75) is 57.8 Å². The highest BCUT2D eigenvalue weighted by molar-refractivity contribution is 6.76. The quantitative estimate of drug-likeness (QED) is 0.344. The summed E-state index contributed by atoms with van der Waals surface area (Å²) in [7, 11) is -1.19. The summed E-state index contributed by atoms with van der Waals surface area (Å²) in [4.78, 5) is 27.4. The Morgan fingerprint density at radius 3 is 2.59 bits per heavy atom. The second kappa shape index (κ2) is 8.83. The van der Waals surface area contributed by atoms with Crippen molar-refractivity contribution in [3.05, 3.63) is 69.2 Å². The molecule has 0 saturated carbocycles. The van der Waals surface area contributed by atoms with Gasteiger partial charge in [-0.15, -0.1) is 0 Å². The van der Waals surface area contributed by atoms with Crippen LogP contribution in [-0.4, -0.2) is 43.3 Å². The topological polar surface area (TPSA) is 73.9 Å². The molecule has 0 N–H and O–H groups in total. The van der Waals surface area contributed by atoms with Gasteiger partial charge in [-0.2, -0.15) is 0 Å². The average Bonchev–Trinajstić information content (AvgIpc) is 3.17. The van der Waals surface area contributed by atoms with Gasteiger partial charge in [-0.3, -0.25) is 4.79 Å². The van der Waals surface area contributed by atoms with Gasteiger partial charge in [0.1, 0.15) is 6.73 Å². The van der Waals surface area contributed by atoms with Crippen LogP contribution in [0.15, 0.2) is 45.6 Å². The molecule has 3 heterocycles. The molecule has 0 aliphatic carbocycles. The van der Waals surface area contributed by atoms with E-state index in [9.17, 15) is 9.59 Å². The third kappa shape index (κ3) is 4.37. The highest BCUT2D eigenvalue weighted by atomic mass is 28.3. The molecule has 34 heavy (non-hydrogen) atoms. The van der Waals surface area contributed by atoms with Crippen molar-refractivity contribution in [1.82, 2.24) is 9.47 Å². The van der Waals surface area contributed by atoms with Crippen LogP contribution < -0.4 is 5.76 Å². The molecule has 7 nitrogen and oxygen atoms in total. The number of carbonyl (C=O) groups is 1. The molecule has 8 heteroatoms. The number of fused-ring (bicyclic) bond motifs is 2. The summed E-state index contributed by atoms with van der Waals surface area (Å²) >= 11 is 0. The van der Waals surface area contributed by atoms with E-state index in [1.807, 2.05) is 29.2 Å². The number of hydrogen-bond acceptors (Lipinski definition) is 5. The summed E-state index contributed by atoms with van der Waals surface area (Å²) < 4.78 is 18.1. The van der Waals surface area contributed by atoms with Gasteiger partial charge in [-0.25, -0.2) is 9.36 Å². The number of carbonyl (C=O) groups excluding carboxylic acids is 1. The molecular weight excluding hydrogens is 448 g/mol. The molecule has 3 aromatic rings. The molecule has 180 valence electrons. The third-order valence-corrected chi connectivity index (χ3v) is 8.60. The average molecular weight is 481 g/mol. The Balaban J connectivity index is 1.31. The van der Waals surface area contributed by atoms with E-state index in [1.165, 1.54) is 10.1 Å². The fourth-order valence-corrected chi connectivity index (χ4v) is 5.33. The minimum absolute atomic E-state index is 0.0180. The van der Waals surface area contributed by atoms with E-state index in [1.54, 1.807) is 0 Å². The molecule has 2 aliphatic heterocycles. The summed E-state index contributed by atoms with van der Waals surface area (Å²) in [6.45, 7) is 11.7. The van der Waals surface area contributed by atoms with Crippen molar-refractivity contribution in [3.63, 3.8) is 0 Å². The van der Waals surface area contributed by atoms with Crippen molar-refractivity contribution in [3.8, 4) is 0 Å². The van der Waals surface area contributed by atoms with Gasteiger partial charge in [0.2, 0.25) is 0 Å². The zero-order valence-electron chi connectivity index (χ0n) is 20.3. The van der Waals surface area contributed by atoms with Crippen molar-refractivity contribution in [2.75, 3.05) is 19.8 Å². The molecular formula is C26H32N2O5Si. The maximum absolute atomic E-state index is 13.1. The molecule has 1 aromatic heterocycles. The van der Waals surface area contributed by atoms with Crippen LogP contribution in [0.2, 0.25) is 25.7 Å². The number of ether oxygens (including phenoxy) is 2. The van der Waals surface area contributed by atoms with Gasteiger partial charge in [0.15, 0.2) is 5.58 Å². The molecule has 1 atom stereocenters. The molecule has 1 saturated heterocycles. The van der Waals surface area contributed by atoms with Gasteiger partial charge in [0.05, 0.1) is 24.8 Å². The van der Waals surface area contributed by atoms with Gasteiger partial charge in [-0.1, -0.05) is 37.8 Å². The van der Waals surface area contributed by atoms with E-state index in [2.05, 4.69) is 38.7 Å². The first-order chi connectivity index (χ1) is 16.2. The van der Waals surface area contributed by atoms with Gasteiger partial charge in [-0.05, 0) is 47.9 Å². The number of hydrogen-bond donors (Lipinski definition) is 0. The van der Waals surface area contributed by atoms with Crippen molar-refractivity contribution in [1.29, 1.82) is 0 Å². The van der Waals surface area contributed by atoms with Crippen LogP contribution in [0.25, 0.3) is 11.1 Å². The Labute approximate surface area is 200 Å². The lowest BCUT2D eigenvalue weighted by atomic mass is 9.93. The van der Waals surface area contributed by atoms with Crippen LogP contribution in [0.5, 0.6) is 0 Å². The molecule has 0 bridgehead atoms. The van der Waals surface area contributed by atoms with Crippen LogP contribution in [-0.2, 0) is 22.7 Å². The first-order valence-electron chi connectivity index (χ1n) is 11.9. The largest absolute Gasteiger partial charge is 0.421 e. The number of nitrogens with zero attached hydrogens (tertiary/aromatic N) is 2. The Morgan fingerprint density at radius 1 is 1.09 bits per heavy atom. The monoisotopic (exact) mass is 480 g/mol. The lowest BCUT2D eigenvalue weighted by Crippen LogP contribution is -2.26. The molecule has 1 amide bonds. The van der Waals surface area contributed by atoms with Crippen molar-refractivity contribution >= 4 is 25.1 Å². The molecule has 2 aliphatic rings. The Kier molecular flexibility index (Phi) is 5.99. The van der Waals surface area contributed by atoms with E-state index in [0.29, 0.717) is 30.2 Å². The summed E-state index contributed by atoms with van der Waals surface area (Å²) in [5.41, 5.74) is 5.23. The highest BCUT2D eigenvalue weighted by Crippen LogP contribution is 2.37. The van der Waals surface area contributed by atoms with E-state index >= 15 is 0 Å². The molecule has 2 aromatic carbocycles. The van der Waals surface area contributed by atoms with Crippen LogP contribution in [0.3, 0.4) is 0 Å². The predicted molar refractivity (Wildman–Crippen MR) is 133 cm³/mol. The SMILES string of the molecule is C[C@H]1c2cc(C3COC3)ccc2C(=O)N1Cc1ccc2c(c1)oc(=O)n2COCC[Si](C)(C)C. The van der Waals surface area contributed by atoms with Crippen LogP contribution in [0.4, 0.5) is 0 Å². The molecule has 1 fully saturated rings. The summed E-state index contributed by atoms with van der Waals surface area (Å²) in [6, 6.07) is 12.9. The smallest absolute Gasteiger partial charge is 0.408 e. The van der Waals surface area contributed by atoms with E-state index in [-0.39, 0.29) is 18.7 Å². The molecule has 0 unspecified atom stereocenters. The third-order valence-electron chi connectivity index (χ3n) is 6.90. The summed E-state index contributed by atoms with van der Waals surface area (Å²) in [5, 5.41) is 0. The maximum Gasteiger partial charge on any atom is 0.421 e. The Bertz CT molecular complexity index is 1280. The van der Waals surface area contributed by atoms with Crippen LogP contribution >= 0.6 is 0 Å². The zero-order valence-corrected chi connectivity index (χ0v) is 21.3. The zero-order chi connectivity index (χ0) is 24.0. The van der Waals surface area contributed by atoms with Gasteiger partial charge in [0, 0.05) is 32.7 Å². The molecule has 0 radical (unpaired) electrons. The Morgan fingerprint density at radius 2 is 1.88 bits per heavy atom. The number of aromatic nitrogens is 1. The predicted octanol–water partition coefficient (Wildman–Crippen LogP) is 4.74. The minimum Gasteiger partial charge on any atom is -0.408 e. The second-order valence-corrected chi connectivity index (χ2v) is 16.3. The van der Waals surface area contributed by atoms with Crippen molar-refractivity contribution < 1.29 is 18.7 Å². The standard InChI is InChI=1S/C26H32N2O5Si/c1-17-22-12-19(20-14-32-15-20)6-7-21(22)25(29)27(17)13-18-5-8-23-24(11-18)33-26(30)28(23)16-31-9-10-34(2,3)4/h5-8,11-12,17,20H,9-10,13-16H2,1-4H3/t17-/m0/s1. The normalized spacial score (nSPS) is 18.5. The molecule has 0 spiro atoms. The molecule has 5 rings (SSSR count). The van der Waals surface area contributed by atoms with E-state index in [0.717, 1.165) is 35.9 Å². The fourth-order valence-electron chi connectivity index (χ4n) is 4.57. The number of oxazole rings is 1. The number of amides is 1. The summed E-state index contributed by atoms with van der Waals surface area (Å²) in [5.74, 6) is 0.0371. The van der Waals surface area contributed by atoms with Crippen molar-refractivity contribution in [2.24, 2.45) is 0 Å². The maximum atomic E-state index is 13.1. The van der Waals surface area contributed by atoms with Crippen LogP contribution in [0, 0.1) is 0 Å². The first kappa shape index (κ1) is 23.1. The summed E-state index contributed by atoms with van der Waals surface area (Å²) in [6.07, 6.45) is 0. The van der Waals surface area contributed by atoms with E-state index in [4.69, 9.17) is 13.9 Å². The van der Waals surface area contributed by atoms with E-state index < -0.39 is 13.8 Å². The fraction of sp³-hybridized carbons (Fsp3) is 0.462. The van der Waals surface area contributed by atoms with Crippen LogP contribution in [0.1, 0.15) is 45.9 Å². The number of benzene rings is 2. The Hall–Kier alpha value is -2.68. The minimum atomic E-state index is -1.19. The van der Waals surface area contributed by atoms with Gasteiger partial charge < -0.3 is 18.8 Å². The number of rotatable bonds is 8. The van der Waals surface area contributed by atoms with Gasteiger partial charge >= 0.3 is 5.76 Å². The second-order valence-electron chi connectivity index (χ2n) is 10.6. The van der Waals surface area contributed by atoms with Gasteiger partial charge in [0.25, 0.3) is 5.91 Å². The lowest BCUT2D eigenvalue weighted by Gasteiger charge is -2.27.